The van der Waals surface area contributed by atoms with Gasteiger partial charge in [-0.15, -0.1) is 0 Å². The lowest BCUT2D eigenvalue weighted by Gasteiger charge is -2.40. The summed E-state index contributed by atoms with van der Waals surface area (Å²) in [5.41, 5.74) is -0.403. The molecule has 4 atom stereocenters. The van der Waals surface area contributed by atoms with Crippen LogP contribution in [-0.4, -0.2) is 22.8 Å². The Balaban J connectivity index is 2.62. The van der Waals surface area contributed by atoms with Crippen LogP contribution in [0.3, 0.4) is 0 Å². The molecule has 1 saturated heterocycles. The van der Waals surface area contributed by atoms with Crippen molar-refractivity contribution in [3.05, 3.63) is 12.2 Å². The van der Waals surface area contributed by atoms with Crippen LogP contribution < -0.4 is 0 Å². The predicted molar refractivity (Wildman–Crippen MR) is 92.1 cm³/mol. The van der Waals surface area contributed by atoms with Gasteiger partial charge in [-0.1, -0.05) is 65.5 Å². The fraction of sp³-hybridized carbons (Fsp3) is 0.842. The Morgan fingerprint density at radius 3 is 2.70 bits per heavy atom. The van der Waals surface area contributed by atoms with Gasteiger partial charge in [0.05, 0.1) is 6.42 Å². The number of unbranched alkanes of at least 4 members (excludes halogenated alkanes) is 1. The van der Waals surface area contributed by atoms with Gasteiger partial charge in [0.15, 0.2) is 0 Å². The molecular formula is C19H34O4. The highest BCUT2D eigenvalue weighted by molar-refractivity contribution is 5.67. The zero-order chi connectivity index (χ0) is 17.3. The van der Waals surface area contributed by atoms with E-state index < -0.39 is 11.6 Å². The highest BCUT2D eigenvalue weighted by atomic mass is 17.2. The summed E-state index contributed by atoms with van der Waals surface area (Å²) in [6.45, 7) is 8.69. The lowest BCUT2D eigenvalue weighted by Crippen LogP contribution is -2.44. The van der Waals surface area contributed by atoms with Crippen LogP contribution in [-0.2, 0) is 14.6 Å². The molecule has 134 valence electrons. The number of carboxylic acids is 1. The molecule has 23 heavy (non-hydrogen) atoms. The minimum absolute atomic E-state index is 0.00999. The zero-order valence-electron chi connectivity index (χ0n) is 15.2. The van der Waals surface area contributed by atoms with Gasteiger partial charge in [0, 0.05) is 0 Å². The summed E-state index contributed by atoms with van der Waals surface area (Å²) in [5, 5.41) is 8.99. The van der Waals surface area contributed by atoms with E-state index in [1.54, 1.807) is 0 Å². The Kier molecular flexibility index (Phi) is 8.85. The third kappa shape index (κ3) is 6.64. The van der Waals surface area contributed by atoms with Gasteiger partial charge in [0.1, 0.15) is 11.7 Å². The first kappa shape index (κ1) is 20.2. The van der Waals surface area contributed by atoms with E-state index in [0.29, 0.717) is 5.92 Å². The largest absolute Gasteiger partial charge is 0.481 e. The lowest BCUT2D eigenvalue weighted by atomic mass is 9.81. The van der Waals surface area contributed by atoms with Gasteiger partial charge in [-0.2, -0.15) is 0 Å². The third-order valence-corrected chi connectivity index (χ3v) is 4.98. The number of carboxylic acid groups (broad SMARTS) is 1. The van der Waals surface area contributed by atoms with Gasteiger partial charge < -0.3 is 5.11 Å². The van der Waals surface area contributed by atoms with Crippen LogP contribution in [0.4, 0.5) is 0 Å². The van der Waals surface area contributed by atoms with Crippen molar-refractivity contribution in [2.24, 2.45) is 11.8 Å². The number of rotatable bonds is 10. The van der Waals surface area contributed by atoms with E-state index >= 15 is 0 Å². The molecule has 0 aromatic carbocycles. The molecule has 1 fully saturated rings. The zero-order valence-corrected chi connectivity index (χ0v) is 15.2. The molecule has 0 amide bonds. The molecule has 1 aliphatic heterocycles. The average Bonchev–Trinajstić information content (AvgIpc) is 2.53. The van der Waals surface area contributed by atoms with Gasteiger partial charge in [0.2, 0.25) is 0 Å². The van der Waals surface area contributed by atoms with E-state index in [4.69, 9.17) is 14.9 Å². The highest BCUT2D eigenvalue weighted by Gasteiger charge is 2.41. The van der Waals surface area contributed by atoms with Crippen molar-refractivity contribution < 1.29 is 19.7 Å². The Morgan fingerprint density at radius 2 is 2.13 bits per heavy atom. The predicted octanol–water partition coefficient (Wildman–Crippen LogP) is 5.13. The Bertz CT molecular complexity index is 380. The van der Waals surface area contributed by atoms with Crippen molar-refractivity contribution in [1.29, 1.82) is 0 Å². The Morgan fingerprint density at radius 1 is 1.39 bits per heavy atom. The number of hydrogen-bond donors (Lipinski definition) is 1. The van der Waals surface area contributed by atoms with E-state index in [2.05, 4.69) is 39.8 Å². The second-order valence-electron chi connectivity index (χ2n) is 6.99. The van der Waals surface area contributed by atoms with Crippen molar-refractivity contribution in [3.63, 3.8) is 0 Å². The second kappa shape index (κ2) is 10.1. The molecule has 1 aliphatic rings. The van der Waals surface area contributed by atoms with Crippen LogP contribution in [0.25, 0.3) is 0 Å². The quantitative estimate of drug-likeness (QED) is 0.446. The van der Waals surface area contributed by atoms with Gasteiger partial charge >= 0.3 is 5.97 Å². The van der Waals surface area contributed by atoms with E-state index in [1.807, 2.05) is 0 Å². The Labute approximate surface area is 141 Å². The first-order chi connectivity index (χ1) is 11.0. The van der Waals surface area contributed by atoms with Gasteiger partial charge in [-0.3, -0.25) is 4.79 Å². The number of aliphatic carboxylic acids is 1. The third-order valence-electron chi connectivity index (χ3n) is 4.98. The summed E-state index contributed by atoms with van der Waals surface area (Å²) in [6.07, 6.45) is 11.5. The molecule has 0 bridgehead atoms. The molecule has 0 saturated carbocycles. The monoisotopic (exact) mass is 326 g/mol. The SMILES string of the molecule is CCCCC(C)CC=CC1(CC)CC(CC)C(CC(=O)O)OO1. The molecule has 1 N–H and O–H groups in total. The first-order valence-electron chi connectivity index (χ1n) is 9.20. The maximum absolute atomic E-state index is 10.9. The van der Waals surface area contributed by atoms with Crippen LogP contribution in [0, 0.1) is 11.8 Å². The molecule has 0 radical (unpaired) electrons. The molecule has 0 spiro atoms. The van der Waals surface area contributed by atoms with Crippen molar-refractivity contribution in [3.8, 4) is 0 Å². The topological polar surface area (TPSA) is 55.8 Å². The summed E-state index contributed by atoms with van der Waals surface area (Å²) in [6, 6.07) is 0. The minimum atomic E-state index is -0.832. The molecule has 0 aliphatic carbocycles. The molecule has 4 unspecified atom stereocenters. The van der Waals surface area contributed by atoms with Crippen molar-refractivity contribution in [2.75, 3.05) is 0 Å². The van der Waals surface area contributed by atoms with Crippen molar-refractivity contribution in [1.82, 2.24) is 0 Å². The minimum Gasteiger partial charge on any atom is -0.481 e. The van der Waals surface area contributed by atoms with Crippen LogP contribution in [0.1, 0.15) is 79.1 Å². The normalized spacial score (nSPS) is 29.7. The lowest BCUT2D eigenvalue weighted by molar-refractivity contribution is -0.409. The smallest absolute Gasteiger partial charge is 0.306 e. The van der Waals surface area contributed by atoms with Gasteiger partial charge in [0.25, 0.3) is 0 Å². The molecule has 0 aromatic heterocycles. The van der Waals surface area contributed by atoms with Gasteiger partial charge in [-0.25, -0.2) is 9.78 Å². The van der Waals surface area contributed by atoms with Crippen LogP contribution in [0.2, 0.25) is 0 Å². The standard InChI is InChI=1S/C19H34O4/c1-5-8-10-15(4)11-9-12-19(7-3)14-16(6-2)17(22-23-19)13-18(20)21/h9,12,15-17H,5-8,10-11,13-14H2,1-4H3,(H,20,21). The first-order valence-corrected chi connectivity index (χ1v) is 9.20. The van der Waals surface area contributed by atoms with Crippen molar-refractivity contribution >= 4 is 5.97 Å². The Hall–Kier alpha value is -0.870. The van der Waals surface area contributed by atoms with Crippen LogP contribution in [0.5, 0.6) is 0 Å². The second-order valence-corrected chi connectivity index (χ2v) is 6.99. The van der Waals surface area contributed by atoms with Crippen LogP contribution >= 0.6 is 0 Å². The van der Waals surface area contributed by atoms with Crippen molar-refractivity contribution in [2.45, 2.75) is 90.8 Å². The fourth-order valence-corrected chi connectivity index (χ4v) is 3.23. The van der Waals surface area contributed by atoms with E-state index in [1.165, 1.54) is 19.3 Å². The van der Waals surface area contributed by atoms with Crippen LogP contribution in [0.15, 0.2) is 12.2 Å². The molecule has 0 aromatic rings. The molecule has 1 heterocycles. The maximum atomic E-state index is 10.9. The number of hydrogen-bond acceptors (Lipinski definition) is 3. The molecule has 4 heteroatoms. The summed E-state index contributed by atoms with van der Waals surface area (Å²) < 4.78 is 0. The molecule has 4 nitrogen and oxygen atoms in total. The average molecular weight is 326 g/mol. The summed E-state index contributed by atoms with van der Waals surface area (Å²) in [4.78, 5) is 22.1. The number of allylic oxidation sites excluding steroid dienone is 1. The summed E-state index contributed by atoms with van der Waals surface area (Å²) in [7, 11) is 0. The van der Waals surface area contributed by atoms with E-state index in [0.717, 1.165) is 25.7 Å². The maximum Gasteiger partial charge on any atom is 0.306 e. The molecular weight excluding hydrogens is 292 g/mol. The summed E-state index contributed by atoms with van der Waals surface area (Å²) in [5.74, 6) is 0.0784. The number of carbonyl (C=O) groups is 1. The van der Waals surface area contributed by atoms with E-state index in [-0.39, 0.29) is 18.4 Å². The van der Waals surface area contributed by atoms with E-state index in [9.17, 15) is 4.79 Å². The highest BCUT2D eigenvalue weighted by Crippen LogP contribution is 2.38. The fourth-order valence-electron chi connectivity index (χ4n) is 3.23. The summed E-state index contributed by atoms with van der Waals surface area (Å²) >= 11 is 0. The molecule has 1 rings (SSSR count). The van der Waals surface area contributed by atoms with Gasteiger partial charge in [-0.05, 0) is 31.1 Å².